The highest BCUT2D eigenvalue weighted by Crippen LogP contribution is 2.35. The van der Waals surface area contributed by atoms with Gasteiger partial charge in [0.2, 0.25) is 0 Å². The molecule has 0 N–H and O–H groups in total. The van der Waals surface area contributed by atoms with Crippen LogP contribution in [0.2, 0.25) is 0 Å². The number of methoxy groups -OCH3 is 2. The smallest absolute Gasteiger partial charge is 0.161 e. The number of benzene rings is 3. The summed E-state index contributed by atoms with van der Waals surface area (Å²) in [5, 5.41) is 0.943. The van der Waals surface area contributed by atoms with Gasteiger partial charge in [0, 0.05) is 6.07 Å². The first kappa shape index (κ1) is 21.3. The third-order valence-electron chi connectivity index (χ3n) is 4.75. The van der Waals surface area contributed by atoms with Gasteiger partial charge < -0.3 is 14.2 Å². The van der Waals surface area contributed by atoms with Crippen LogP contribution in [0, 0.1) is 0 Å². The van der Waals surface area contributed by atoms with Crippen molar-refractivity contribution in [2.24, 2.45) is 0 Å². The van der Waals surface area contributed by atoms with Crippen LogP contribution < -0.4 is 14.2 Å². The molecule has 0 atom stereocenters. The summed E-state index contributed by atoms with van der Waals surface area (Å²) < 4.78 is 18.1. The Kier molecular flexibility index (Phi) is 6.79. The van der Waals surface area contributed by atoms with E-state index in [0.717, 1.165) is 42.7 Å². The average molecular weight is 450 g/mol. The van der Waals surface area contributed by atoms with Gasteiger partial charge in [-0.05, 0) is 41.7 Å². The zero-order valence-electron chi connectivity index (χ0n) is 17.6. The van der Waals surface area contributed by atoms with E-state index in [2.05, 4.69) is 6.07 Å². The van der Waals surface area contributed by atoms with Crippen LogP contribution in [0.15, 0.2) is 65.6 Å². The van der Waals surface area contributed by atoms with Gasteiger partial charge in [-0.2, -0.15) is 0 Å². The number of hydrogen-bond donors (Lipinski definition) is 0. The number of aromatic nitrogens is 1. The monoisotopic (exact) mass is 449 g/mol. The molecular weight excluding hydrogens is 426 g/mol. The number of nitrogens with zero attached hydrogens (tertiary/aromatic N) is 1. The number of thiazole rings is 1. The Morgan fingerprint density at radius 3 is 2.45 bits per heavy atom. The molecule has 1 heterocycles. The van der Waals surface area contributed by atoms with Crippen LogP contribution in [-0.4, -0.2) is 25.5 Å². The fraction of sp³-hybridized carbons (Fsp3) is 0.160. The molecule has 0 fully saturated rings. The molecule has 0 saturated carbocycles. The van der Waals surface area contributed by atoms with Gasteiger partial charge in [0.15, 0.2) is 11.5 Å². The molecule has 4 nitrogen and oxygen atoms in total. The topological polar surface area (TPSA) is 40.6 Å². The van der Waals surface area contributed by atoms with Crippen molar-refractivity contribution in [3.63, 3.8) is 0 Å². The number of fused-ring (bicyclic) bond motifs is 1. The summed E-state index contributed by atoms with van der Waals surface area (Å²) in [6, 6.07) is 20.1. The Balaban J connectivity index is 1.52. The van der Waals surface area contributed by atoms with Crippen LogP contribution in [0.25, 0.3) is 22.4 Å². The van der Waals surface area contributed by atoms with E-state index in [9.17, 15) is 0 Å². The van der Waals surface area contributed by atoms with Gasteiger partial charge >= 0.3 is 0 Å². The van der Waals surface area contributed by atoms with Gasteiger partial charge in [-0.1, -0.05) is 42.5 Å². The molecular formula is C25H23NO3S2. The second-order valence-electron chi connectivity index (χ2n) is 6.74. The fourth-order valence-corrected chi connectivity index (χ4v) is 4.70. The molecule has 1 aromatic heterocycles. The summed E-state index contributed by atoms with van der Waals surface area (Å²) in [6.07, 6.45) is 6.11. The van der Waals surface area contributed by atoms with Crippen LogP contribution in [0.4, 0.5) is 0 Å². The van der Waals surface area contributed by atoms with Gasteiger partial charge in [-0.15, -0.1) is 23.1 Å². The van der Waals surface area contributed by atoms with E-state index in [1.165, 1.54) is 0 Å². The largest absolute Gasteiger partial charge is 0.496 e. The van der Waals surface area contributed by atoms with E-state index in [1.807, 2.05) is 73.0 Å². The van der Waals surface area contributed by atoms with Gasteiger partial charge in [0.1, 0.15) is 17.4 Å². The van der Waals surface area contributed by atoms with Gasteiger partial charge in [-0.25, -0.2) is 4.98 Å². The first-order valence-corrected chi connectivity index (χ1v) is 11.8. The Hall–Kier alpha value is -2.96. The molecule has 0 aliphatic rings. The lowest BCUT2D eigenvalue weighted by atomic mass is 10.2. The molecule has 31 heavy (non-hydrogen) atoms. The number of hydrogen-bond acceptors (Lipinski definition) is 6. The first-order chi connectivity index (χ1) is 15.2. The second kappa shape index (κ2) is 9.90. The molecule has 0 saturated heterocycles. The number of ether oxygens (including phenoxy) is 3. The minimum absolute atomic E-state index is 0.500. The molecule has 0 amide bonds. The standard InChI is InChI=1S/C25H23NO3S2/c1-27-21-13-17(9-11-20(21)29-16-18-7-5-4-6-8-18)10-12-25-26-19-14-22(28-2)24(30-3)15-23(19)31-25/h4-15H,16H2,1-3H3/b12-10+. The molecule has 0 radical (unpaired) electrons. The summed E-state index contributed by atoms with van der Waals surface area (Å²) in [4.78, 5) is 5.84. The van der Waals surface area contributed by atoms with Crippen molar-refractivity contribution in [3.8, 4) is 17.2 Å². The molecule has 0 aliphatic heterocycles. The number of rotatable bonds is 8. The third-order valence-corrected chi connectivity index (χ3v) is 6.50. The zero-order valence-corrected chi connectivity index (χ0v) is 19.3. The SMILES string of the molecule is COc1cc(/C=C/c2nc3cc(OC)c(SC)cc3s2)ccc1OCc1ccccc1. The van der Waals surface area contributed by atoms with E-state index >= 15 is 0 Å². The molecule has 158 valence electrons. The Bertz CT molecular complexity index is 1160. The van der Waals surface area contributed by atoms with E-state index in [4.69, 9.17) is 19.2 Å². The highest BCUT2D eigenvalue weighted by Gasteiger charge is 2.09. The lowest BCUT2D eigenvalue weighted by Gasteiger charge is -2.11. The molecule has 0 bridgehead atoms. The first-order valence-electron chi connectivity index (χ1n) is 9.75. The van der Waals surface area contributed by atoms with Crippen molar-refractivity contribution in [1.82, 2.24) is 4.98 Å². The van der Waals surface area contributed by atoms with E-state index in [1.54, 1.807) is 37.3 Å². The van der Waals surface area contributed by atoms with Crippen LogP contribution >= 0.6 is 23.1 Å². The molecule has 0 aliphatic carbocycles. The maximum Gasteiger partial charge on any atom is 0.161 e. The number of thioether (sulfide) groups is 1. The third kappa shape index (κ3) is 5.03. The van der Waals surface area contributed by atoms with Crippen LogP contribution in [-0.2, 0) is 6.61 Å². The van der Waals surface area contributed by atoms with E-state index in [-0.39, 0.29) is 0 Å². The minimum Gasteiger partial charge on any atom is -0.496 e. The lowest BCUT2D eigenvalue weighted by Crippen LogP contribution is -1.97. The molecule has 0 unspecified atom stereocenters. The van der Waals surface area contributed by atoms with Crippen molar-refractivity contribution in [1.29, 1.82) is 0 Å². The summed E-state index contributed by atoms with van der Waals surface area (Å²) >= 11 is 3.33. The van der Waals surface area contributed by atoms with Crippen molar-refractivity contribution < 1.29 is 14.2 Å². The fourth-order valence-electron chi connectivity index (χ4n) is 3.15. The minimum atomic E-state index is 0.500. The van der Waals surface area contributed by atoms with Gasteiger partial charge in [-0.3, -0.25) is 0 Å². The van der Waals surface area contributed by atoms with E-state index in [0.29, 0.717) is 12.4 Å². The summed E-state index contributed by atoms with van der Waals surface area (Å²) in [5.74, 6) is 2.29. The second-order valence-corrected chi connectivity index (χ2v) is 8.66. The van der Waals surface area contributed by atoms with Gasteiger partial charge in [0.25, 0.3) is 0 Å². The predicted molar refractivity (Wildman–Crippen MR) is 131 cm³/mol. The van der Waals surface area contributed by atoms with Crippen molar-refractivity contribution in [2.45, 2.75) is 11.5 Å². The van der Waals surface area contributed by atoms with Crippen LogP contribution in [0.1, 0.15) is 16.1 Å². The average Bonchev–Trinajstić information content (AvgIpc) is 3.23. The maximum atomic E-state index is 5.94. The maximum absolute atomic E-state index is 5.94. The predicted octanol–water partition coefficient (Wildman–Crippen LogP) is 6.78. The molecule has 4 aromatic rings. The van der Waals surface area contributed by atoms with Crippen molar-refractivity contribution in [2.75, 3.05) is 20.5 Å². The molecule has 6 heteroatoms. The van der Waals surface area contributed by atoms with Crippen molar-refractivity contribution in [3.05, 3.63) is 76.8 Å². The summed E-state index contributed by atoms with van der Waals surface area (Å²) in [5.41, 5.74) is 3.08. The summed E-state index contributed by atoms with van der Waals surface area (Å²) in [6.45, 7) is 0.500. The highest BCUT2D eigenvalue weighted by atomic mass is 32.2. The molecule has 4 rings (SSSR count). The summed E-state index contributed by atoms with van der Waals surface area (Å²) in [7, 11) is 3.34. The van der Waals surface area contributed by atoms with Crippen LogP contribution in [0.3, 0.4) is 0 Å². The van der Waals surface area contributed by atoms with E-state index < -0.39 is 0 Å². The van der Waals surface area contributed by atoms with Crippen LogP contribution in [0.5, 0.6) is 17.2 Å². The van der Waals surface area contributed by atoms with Gasteiger partial charge in [0.05, 0.1) is 29.3 Å². The highest BCUT2D eigenvalue weighted by molar-refractivity contribution is 7.98. The Morgan fingerprint density at radius 2 is 1.71 bits per heavy atom. The quantitative estimate of drug-likeness (QED) is 0.277. The Morgan fingerprint density at radius 1 is 0.903 bits per heavy atom. The van der Waals surface area contributed by atoms with Crippen molar-refractivity contribution >= 4 is 45.5 Å². The Labute approximate surface area is 190 Å². The zero-order chi connectivity index (χ0) is 21.6. The lowest BCUT2D eigenvalue weighted by molar-refractivity contribution is 0.284. The normalized spacial score (nSPS) is 11.2. The molecule has 0 spiro atoms. The molecule has 3 aromatic carbocycles.